The van der Waals surface area contributed by atoms with Crippen molar-refractivity contribution in [1.29, 1.82) is 0 Å². The van der Waals surface area contributed by atoms with Crippen molar-refractivity contribution < 1.29 is 127 Å². The molecule has 538 valence electrons. The third-order valence-corrected chi connectivity index (χ3v) is 14.7. The van der Waals surface area contributed by atoms with Crippen LogP contribution in [0.4, 0.5) is 18.8 Å². The molecular weight excluding hydrogens is 1300 g/mol. The van der Waals surface area contributed by atoms with Crippen molar-refractivity contribution in [3.8, 4) is 5.69 Å². The van der Waals surface area contributed by atoms with E-state index in [1.165, 1.54) is 28.9 Å². The Morgan fingerprint density at radius 2 is 0.722 bits per heavy atom. The zero-order chi connectivity index (χ0) is 72.6. The molecule has 0 aliphatic rings. The molecule has 0 fully saturated rings. The molecule has 0 spiro atoms. The highest BCUT2D eigenvalue weighted by molar-refractivity contribution is 5.95. The first-order valence-corrected chi connectivity index (χ1v) is 30.8. The molecule has 2 rings (SSSR count). The number of carbonyl (C=O) groups is 16. The predicted octanol–water partition coefficient (Wildman–Crippen LogP) is 0.0493. The number of carboxylic acids is 9. The monoisotopic (exact) mass is 1380 g/mol. The lowest BCUT2D eigenvalue weighted by Crippen LogP contribution is -2.51. The number of aryl methyl sites for hydroxylation is 1. The quantitative estimate of drug-likeness (QED) is 0.0389. The highest BCUT2D eigenvalue weighted by Crippen LogP contribution is 2.27. The fourth-order valence-corrected chi connectivity index (χ4v) is 9.28. The van der Waals surface area contributed by atoms with E-state index in [1.807, 2.05) is 16.0 Å². The van der Waals surface area contributed by atoms with Crippen LogP contribution in [0.25, 0.3) is 5.69 Å². The van der Waals surface area contributed by atoms with Gasteiger partial charge in [-0.15, -0.1) is 5.10 Å². The van der Waals surface area contributed by atoms with Gasteiger partial charge in [0.1, 0.15) is 36.3 Å². The number of aromatic nitrogens is 3. The summed E-state index contributed by atoms with van der Waals surface area (Å²) in [5, 5.41) is 116. The lowest BCUT2D eigenvalue weighted by atomic mass is 9.82. The minimum Gasteiger partial charge on any atom is -0.481 e. The SMILES string of the molecule is O=C(O)CCC(NC(=O)N[C@@H](CCCCNC(=O)CCC(CCC(=O)NCCCCC(NC(=O)N[C@@H](CCC(=O)O)C(=O)O)C(=O)O)(CCC(=O)NCCCCC(NC(=O)N[C@@H](CCC(=O)O)C(=O)O)C(=O)O)NC(=O)c1ccc(-n2cc(CCCF)nn2)cc1)C(=O)O)C(=O)O. The molecule has 1 aromatic carbocycles. The van der Waals surface area contributed by atoms with E-state index in [-0.39, 0.29) is 128 Å². The molecule has 0 aliphatic heterocycles. The van der Waals surface area contributed by atoms with E-state index in [9.17, 15) is 112 Å². The second-order valence-electron chi connectivity index (χ2n) is 22.3. The molecule has 0 aliphatic carbocycles. The Morgan fingerprint density at radius 1 is 0.412 bits per heavy atom. The molecule has 39 heteroatoms. The molecule has 0 bridgehead atoms. The Kier molecular flexibility index (Phi) is 37.3. The fraction of sp³-hybridized carbons (Fsp3) is 0.586. The largest absolute Gasteiger partial charge is 0.481 e. The van der Waals surface area contributed by atoms with Crippen LogP contribution in [0.5, 0.6) is 0 Å². The average Bonchev–Trinajstić information content (AvgIpc) is 1.83. The number of nitrogens with zero attached hydrogens (tertiary/aromatic N) is 3. The molecule has 2 aromatic rings. The molecule has 38 nitrogen and oxygen atoms in total. The first-order valence-electron chi connectivity index (χ1n) is 30.8. The van der Waals surface area contributed by atoms with E-state index in [0.717, 1.165) is 0 Å². The highest BCUT2D eigenvalue weighted by atomic mass is 19.1. The zero-order valence-corrected chi connectivity index (χ0v) is 52.7. The van der Waals surface area contributed by atoms with E-state index in [4.69, 9.17) is 15.3 Å². The van der Waals surface area contributed by atoms with Gasteiger partial charge in [0.25, 0.3) is 5.91 Å². The number of halogens is 1. The second kappa shape index (κ2) is 44.0. The van der Waals surface area contributed by atoms with Gasteiger partial charge in [0.05, 0.1) is 24.3 Å². The van der Waals surface area contributed by atoms with Crippen LogP contribution in [0.1, 0.15) is 157 Å². The van der Waals surface area contributed by atoms with Crippen LogP contribution < -0.4 is 53.2 Å². The molecule has 0 saturated carbocycles. The number of unbranched alkanes of at least 4 members (excludes halogenated alkanes) is 3. The van der Waals surface area contributed by atoms with Crippen molar-refractivity contribution >= 4 is 95.4 Å². The molecule has 3 unspecified atom stereocenters. The Morgan fingerprint density at radius 3 is 1.01 bits per heavy atom. The van der Waals surface area contributed by atoms with Crippen molar-refractivity contribution in [2.24, 2.45) is 0 Å². The van der Waals surface area contributed by atoms with Gasteiger partial charge >= 0.3 is 71.8 Å². The third-order valence-electron chi connectivity index (χ3n) is 14.7. The average molecular weight is 1380 g/mol. The molecule has 0 saturated heterocycles. The second-order valence-corrected chi connectivity index (χ2v) is 22.3. The van der Waals surface area contributed by atoms with Crippen LogP contribution in [0, 0.1) is 0 Å². The van der Waals surface area contributed by atoms with Crippen molar-refractivity contribution in [1.82, 2.24) is 68.2 Å². The van der Waals surface area contributed by atoms with Gasteiger partial charge in [-0.1, -0.05) is 5.21 Å². The molecule has 97 heavy (non-hydrogen) atoms. The van der Waals surface area contributed by atoms with Gasteiger partial charge in [0, 0.05) is 69.3 Å². The lowest BCUT2D eigenvalue weighted by molar-refractivity contribution is -0.142. The number of aliphatic carboxylic acids is 9. The lowest BCUT2D eigenvalue weighted by Gasteiger charge is -2.35. The van der Waals surface area contributed by atoms with Gasteiger partial charge in [-0.05, 0) is 133 Å². The molecule has 10 amide bonds. The van der Waals surface area contributed by atoms with Crippen LogP contribution in [-0.4, -0.2) is 224 Å². The number of rotatable bonds is 51. The van der Waals surface area contributed by atoms with E-state index >= 15 is 0 Å². The van der Waals surface area contributed by atoms with Gasteiger partial charge in [0.15, 0.2) is 0 Å². The number of nitrogens with one attached hydrogen (secondary N) is 10. The summed E-state index contributed by atoms with van der Waals surface area (Å²) >= 11 is 0. The summed E-state index contributed by atoms with van der Waals surface area (Å²) in [4.78, 5) is 196. The van der Waals surface area contributed by atoms with Gasteiger partial charge in [0.2, 0.25) is 17.7 Å². The van der Waals surface area contributed by atoms with Gasteiger partial charge < -0.3 is 99.1 Å². The summed E-state index contributed by atoms with van der Waals surface area (Å²) in [7, 11) is 0. The minimum atomic E-state index is -1.65. The van der Waals surface area contributed by atoms with E-state index in [1.54, 1.807) is 6.20 Å². The van der Waals surface area contributed by atoms with Crippen molar-refractivity contribution in [3.63, 3.8) is 0 Å². The number of hydrogen-bond acceptors (Lipinski definition) is 18. The van der Waals surface area contributed by atoms with E-state index in [2.05, 4.69) is 47.5 Å². The first-order chi connectivity index (χ1) is 45.8. The summed E-state index contributed by atoms with van der Waals surface area (Å²) in [5.74, 6) is -15.8. The number of urea groups is 3. The van der Waals surface area contributed by atoms with Crippen LogP contribution in [0.3, 0.4) is 0 Å². The topological polar surface area (TPSA) is 606 Å². The molecule has 6 atom stereocenters. The Bertz CT molecular complexity index is 2810. The number of carbonyl (C=O) groups excluding carboxylic acids is 7. The molecule has 1 heterocycles. The van der Waals surface area contributed by atoms with E-state index < -0.39 is 182 Å². The smallest absolute Gasteiger partial charge is 0.326 e. The molecular formula is C58H84FN13O25. The Labute approximate surface area is 552 Å². The van der Waals surface area contributed by atoms with Crippen molar-refractivity contribution in [2.45, 2.75) is 189 Å². The summed E-state index contributed by atoms with van der Waals surface area (Å²) < 4.78 is 14.3. The summed E-state index contributed by atoms with van der Waals surface area (Å²) in [6, 6.07) is -7.29. The summed E-state index contributed by atoms with van der Waals surface area (Å²) in [6.45, 7) is -0.789. The van der Waals surface area contributed by atoms with Crippen molar-refractivity contribution in [2.75, 3.05) is 26.3 Å². The molecule has 1 aromatic heterocycles. The minimum absolute atomic E-state index is 0.0498. The normalized spacial score (nSPS) is 13.3. The van der Waals surface area contributed by atoms with Crippen LogP contribution >= 0.6 is 0 Å². The number of benzene rings is 1. The van der Waals surface area contributed by atoms with Crippen molar-refractivity contribution in [3.05, 3.63) is 41.7 Å². The maximum atomic E-state index is 14.4. The maximum Gasteiger partial charge on any atom is 0.326 e. The van der Waals surface area contributed by atoms with Crippen LogP contribution in [0.2, 0.25) is 0 Å². The van der Waals surface area contributed by atoms with E-state index in [0.29, 0.717) is 17.8 Å². The standard InChI is InChI=1S/C58H84FN13O25/c59-28-7-8-34-32-72(71-70-34)35-14-12-33(13-15-35)48(82)69-58(25-22-42(73)60-29-4-1-9-36(49(83)84)63-55(95)66-39(52(89)90)16-19-45(76)77,26-23-43(74)61-30-5-2-10-37(50(85)86)64-56(96)67-40(53(91)92)17-20-46(78)79)27-24-44(75)62-31-6-3-11-38(51(87)88)65-57(97)68-41(54(93)94)18-21-47(80)81/h12-15,32,36-41H,1-11,16-31H2,(H,60,73)(H,61,74)(H,62,75)(H,69,82)(H,76,77)(H,78,79)(H,80,81)(H,83,84)(H,85,86)(H,87,88)(H,89,90)(H,91,92)(H,93,94)(H2,63,66,95)(H2,64,67,96)(H2,65,68,97)/t36-,37?,38?,39?,40-,41-,58?/m0/s1. The fourth-order valence-electron chi connectivity index (χ4n) is 9.28. The van der Waals surface area contributed by atoms with Gasteiger partial charge in [-0.2, -0.15) is 0 Å². The molecule has 19 N–H and O–H groups in total. The summed E-state index contributed by atoms with van der Waals surface area (Å²) in [6.07, 6.45) is -3.18. The third kappa shape index (κ3) is 34.8. The highest BCUT2D eigenvalue weighted by Gasteiger charge is 2.35. The summed E-state index contributed by atoms with van der Waals surface area (Å²) in [5.41, 5.74) is -0.594. The van der Waals surface area contributed by atoms with Gasteiger partial charge in [-0.3, -0.25) is 38.0 Å². The molecule has 0 radical (unpaired) electrons. The number of carboxylic acid groups (broad SMARTS) is 9. The number of hydrogen-bond donors (Lipinski definition) is 19. The van der Waals surface area contributed by atoms with Crippen LogP contribution in [0.15, 0.2) is 30.5 Å². The Balaban J connectivity index is 2.39. The predicted molar refractivity (Wildman–Crippen MR) is 328 cm³/mol. The first kappa shape index (κ1) is 82.3. The van der Waals surface area contributed by atoms with Crippen LogP contribution in [-0.2, 0) is 64.0 Å². The number of alkyl halides is 1. The van der Waals surface area contributed by atoms with Gasteiger partial charge in [-0.25, -0.2) is 47.8 Å². The maximum absolute atomic E-state index is 14.4. The zero-order valence-electron chi connectivity index (χ0n) is 52.7. The Hall–Kier alpha value is -10.8. The number of amides is 10.